The first kappa shape index (κ1) is 20.7. The number of benzene rings is 1. The van der Waals surface area contributed by atoms with Crippen molar-refractivity contribution in [2.75, 3.05) is 33.9 Å². The molecular weight excluding hydrogens is 306 g/mol. The van der Waals surface area contributed by atoms with Crippen LogP contribution in [0.15, 0.2) is 18.2 Å². The molecule has 138 valence electrons. The Morgan fingerprint density at radius 2 is 1.67 bits per heavy atom. The highest BCUT2D eigenvalue weighted by Gasteiger charge is 2.15. The molecule has 0 unspecified atom stereocenters. The first-order chi connectivity index (χ1) is 11.3. The number of hydrogen-bond donors (Lipinski definition) is 1. The van der Waals surface area contributed by atoms with E-state index in [-0.39, 0.29) is 6.10 Å². The molecule has 0 amide bonds. The Hall–Kier alpha value is -1.30. The Balaban J connectivity index is 2.74. The summed E-state index contributed by atoms with van der Waals surface area (Å²) < 4.78 is 16.2. The molecule has 0 aromatic heterocycles. The van der Waals surface area contributed by atoms with Gasteiger partial charge in [0.15, 0.2) is 11.5 Å². The number of ether oxygens (including phenoxy) is 3. The summed E-state index contributed by atoms with van der Waals surface area (Å²) in [6.07, 6.45) is -0.365. The van der Waals surface area contributed by atoms with Crippen molar-refractivity contribution in [2.24, 2.45) is 5.92 Å². The normalized spacial score (nSPS) is 12.9. The fourth-order valence-corrected chi connectivity index (χ4v) is 2.61. The maximum absolute atomic E-state index is 10.2. The summed E-state index contributed by atoms with van der Waals surface area (Å²) >= 11 is 0. The SMILES string of the molecule is COc1ccc(CN(CC(C)C)C[C@H](O)COC(C)C)cc1OC. The third-order valence-corrected chi connectivity index (χ3v) is 3.57. The lowest BCUT2D eigenvalue weighted by atomic mass is 10.1. The van der Waals surface area contributed by atoms with Gasteiger partial charge >= 0.3 is 0 Å². The molecule has 1 atom stereocenters. The Morgan fingerprint density at radius 3 is 2.21 bits per heavy atom. The van der Waals surface area contributed by atoms with Crippen LogP contribution in [0.5, 0.6) is 11.5 Å². The van der Waals surface area contributed by atoms with Crippen LogP contribution in [0.3, 0.4) is 0 Å². The highest BCUT2D eigenvalue weighted by atomic mass is 16.5. The predicted octanol–water partition coefficient (Wildman–Crippen LogP) is 2.95. The van der Waals surface area contributed by atoms with E-state index >= 15 is 0 Å². The molecule has 1 aromatic rings. The number of methoxy groups -OCH3 is 2. The second kappa shape index (κ2) is 10.5. The van der Waals surface area contributed by atoms with Crippen LogP contribution in [-0.2, 0) is 11.3 Å². The zero-order valence-corrected chi connectivity index (χ0v) is 15.9. The van der Waals surface area contributed by atoms with Gasteiger partial charge in [0.1, 0.15) is 0 Å². The van der Waals surface area contributed by atoms with Gasteiger partial charge < -0.3 is 19.3 Å². The third kappa shape index (κ3) is 7.51. The molecule has 5 nitrogen and oxygen atoms in total. The standard InChI is InChI=1S/C19H33NO4/c1-14(2)10-20(12-17(21)13-24-15(3)4)11-16-7-8-18(22-5)19(9-16)23-6/h7-9,14-15,17,21H,10-13H2,1-6H3/t17-/m0/s1. The zero-order valence-electron chi connectivity index (χ0n) is 15.9. The second-order valence-corrected chi connectivity index (χ2v) is 6.81. The van der Waals surface area contributed by atoms with Crippen molar-refractivity contribution in [3.8, 4) is 11.5 Å². The van der Waals surface area contributed by atoms with Crippen molar-refractivity contribution in [1.82, 2.24) is 4.90 Å². The van der Waals surface area contributed by atoms with Crippen LogP contribution in [-0.4, -0.2) is 56.1 Å². The summed E-state index contributed by atoms with van der Waals surface area (Å²) in [5.41, 5.74) is 1.13. The van der Waals surface area contributed by atoms with Gasteiger partial charge in [0.2, 0.25) is 0 Å². The number of aliphatic hydroxyl groups is 1. The summed E-state index contributed by atoms with van der Waals surface area (Å²) in [5, 5.41) is 10.2. The lowest BCUT2D eigenvalue weighted by Gasteiger charge is -2.27. The monoisotopic (exact) mass is 339 g/mol. The minimum absolute atomic E-state index is 0.129. The fraction of sp³-hybridized carbons (Fsp3) is 0.684. The highest BCUT2D eigenvalue weighted by molar-refractivity contribution is 5.42. The zero-order chi connectivity index (χ0) is 18.1. The van der Waals surface area contributed by atoms with Gasteiger partial charge in [-0.2, -0.15) is 0 Å². The molecular formula is C19H33NO4. The minimum atomic E-state index is -0.494. The van der Waals surface area contributed by atoms with Crippen LogP contribution >= 0.6 is 0 Å². The summed E-state index contributed by atoms with van der Waals surface area (Å²) in [4.78, 5) is 2.25. The van der Waals surface area contributed by atoms with Gasteiger partial charge in [0.25, 0.3) is 0 Å². The van der Waals surface area contributed by atoms with Gasteiger partial charge in [0.05, 0.1) is 33.0 Å². The average molecular weight is 339 g/mol. The highest BCUT2D eigenvalue weighted by Crippen LogP contribution is 2.28. The van der Waals surface area contributed by atoms with Gasteiger partial charge in [-0.25, -0.2) is 0 Å². The number of nitrogens with zero attached hydrogens (tertiary/aromatic N) is 1. The van der Waals surface area contributed by atoms with Crippen molar-refractivity contribution < 1.29 is 19.3 Å². The summed E-state index contributed by atoms with van der Waals surface area (Å²) in [5.74, 6) is 1.97. The summed E-state index contributed by atoms with van der Waals surface area (Å²) in [6, 6.07) is 5.94. The largest absolute Gasteiger partial charge is 0.493 e. The second-order valence-electron chi connectivity index (χ2n) is 6.81. The van der Waals surface area contributed by atoms with Crippen LogP contribution in [0.2, 0.25) is 0 Å². The van der Waals surface area contributed by atoms with Crippen molar-refractivity contribution in [1.29, 1.82) is 0 Å². The van der Waals surface area contributed by atoms with E-state index in [1.54, 1.807) is 14.2 Å². The number of hydrogen-bond acceptors (Lipinski definition) is 5. The van der Waals surface area contributed by atoms with Gasteiger partial charge in [-0.05, 0) is 37.5 Å². The third-order valence-electron chi connectivity index (χ3n) is 3.57. The molecule has 0 aliphatic rings. The van der Waals surface area contributed by atoms with Crippen LogP contribution in [0, 0.1) is 5.92 Å². The van der Waals surface area contributed by atoms with E-state index in [2.05, 4.69) is 18.7 Å². The number of aliphatic hydroxyl groups excluding tert-OH is 1. The van der Waals surface area contributed by atoms with Crippen molar-refractivity contribution in [3.05, 3.63) is 23.8 Å². The molecule has 0 bridgehead atoms. The number of rotatable bonds is 11. The van der Waals surface area contributed by atoms with E-state index in [1.165, 1.54) is 0 Å². The molecule has 0 spiro atoms. The molecule has 0 heterocycles. The maximum Gasteiger partial charge on any atom is 0.161 e. The molecule has 0 radical (unpaired) electrons. The van der Waals surface area contributed by atoms with E-state index < -0.39 is 6.10 Å². The Morgan fingerprint density at radius 1 is 1.00 bits per heavy atom. The van der Waals surface area contributed by atoms with Crippen molar-refractivity contribution in [3.63, 3.8) is 0 Å². The molecule has 0 fully saturated rings. The predicted molar refractivity (Wildman–Crippen MR) is 96.8 cm³/mol. The molecule has 1 rings (SSSR count). The lowest BCUT2D eigenvalue weighted by Crippen LogP contribution is -2.37. The smallest absolute Gasteiger partial charge is 0.161 e. The van der Waals surface area contributed by atoms with E-state index in [0.717, 1.165) is 30.2 Å². The van der Waals surface area contributed by atoms with Crippen LogP contribution < -0.4 is 9.47 Å². The van der Waals surface area contributed by atoms with E-state index in [9.17, 15) is 5.11 Å². The molecule has 0 aliphatic heterocycles. The van der Waals surface area contributed by atoms with Gasteiger partial charge in [-0.15, -0.1) is 0 Å². The lowest BCUT2D eigenvalue weighted by molar-refractivity contribution is -0.0108. The van der Waals surface area contributed by atoms with Crippen molar-refractivity contribution in [2.45, 2.75) is 46.4 Å². The topological polar surface area (TPSA) is 51.2 Å². The molecule has 24 heavy (non-hydrogen) atoms. The molecule has 0 saturated carbocycles. The maximum atomic E-state index is 10.2. The van der Waals surface area contributed by atoms with Gasteiger partial charge in [-0.3, -0.25) is 4.90 Å². The molecule has 5 heteroatoms. The van der Waals surface area contributed by atoms with Crippen LogP contribution in [0.1, 0.15) is 33.3 Å². The molecule has 1 aromatic carbocycles. The van der Waals surface area contributed by atoms with E-state index in [4.69, 9.17) is 14.2 Å². The van der Waals surface area contributed by atoms with Crippen molar-refractivity contribution >= 4 is 0 Å². The Kier molecular flexibility index (Phi) is 9.11. The summed E-state index contributed by atoms with van der Waals surface area (Å²) in [6.45, 7) is 10.9. The van der Waals surface area contributed by atoms with Crippen LogP contribution in [0.4, 0.5) is 0 Å². The van der Waals surface area contributed by atoms with Crippen LogP contribution in [0.25, 0.3) is 0 Å². The first-order valence-corrected chi connectivity index (χ1v) is 8.58. The molecule has 1 N–H and O–H groups in total. The fourth-order valence-electron chi connectivity index (χ4n) is 2.61. The van der Waals surface area contributed by atoms with E-state index in [1.807, 2.05) is 32.0 Å². The summed E-state index contributed by atoms with van der Waals surface area (Å²) in [7, 11) is 3.27. The molecule has 0 saturated heterocycles. The minimum Gasteiger partial charge on any atom is -0.493 e. The Labute approximate surface area is 146 Å². The Bertz CT molecular complexity index is 476. The average Bonchev–Trinajstić information content (AvgIpc) is 2.52. The van der Waals surface area contributed by atoms with E-state index in [0.29, 0.717) is 19.1 Å². The quantitative estimate of drug-likeness (QED) is 0.672. The van der Waals surface area contributed by atoms with Gasteiger partial charge in [0, 0.05) is 19.6 Å². The first-order valence-electron chi connectivity index (χ1n) is 8.58. The molecule has 0 aliphatic carbocycles. The van der Waals surface area contributed by atoms with Gasteiger partial charge in [-0.1, -0.05) is 19.9 Å².